The van der Waals surface area contributed by atoms with Crippen molar-refractivity contribution in [3.63, 3.8) is 0 Å². The van der Waals surface area contributed by atoms with Gasteiger partial charge in [-0.05, 0) is 46.5 Å². The first-order valence-corrected chi connectivity index (χ1v) is 7.46. The molecular formula is C14H27N3O4. The van der Waals surface area contributed by atoms with E-state index in [-0.39, 0.29) is 6.04 Å². The number of hydrogen-bond acceptors (Lipinski definition) is 4. The van der Waals surface area contributed by atoms with Gasteiger partial charge in [-0.3, -0.25) is 0 Å². The molecule has 0 saturated heterocycles. The molecule has 4 N–H and O–H groups in total. The number of carboxylic acid groups (broad SMARTS) is 1. The maximum absolute atomic E-state index is 11.4. The van der Waals surface area contributed by atoms with E-state index < -0.39 is 17.8 Å². The van der Waals surface area contributed by atoms with Crippen molar-refractivity contribution in [2.75, 3.05) is 13.1 Å². The van der Waals surface area contributed by atoms with E-state index >= 15 is 0 Å². The van der Waals surface area contributed by atoms with E-state index in [1.165, 1.54) is 0 Å². The molecule has 2 amide bonds. The van der Waals surface area contributed by atoms with Gasteiger partial charge in [0.1, 0.15) is 5.60 Å². The molecule has 0 radical (unpaired) electrons. The van der Waals surface area contributed by atoms with Crippen LogP contribution in [0.15, 0.2) is 0 Å². The number of hydrogen-bond donors (Lipinski definition) is 4. The van der Waals surface area contributed by atoms with Gasteiger partial charge in [-0.1, -0.05) is 0 Å². The van der Waals surface area contributed by atoms with E-state index in [1.807, 2.05) is 20.8 Å². The third kappa shape index (κ3) is 8.39. The third-order valence-electron chi connectivity index (χ3n) is 3.28. The minimum Gasteiger partial charge on any atom is -0.465 e. The van der Waals surface area contributed by atoms with Crippen LogP contribution in [-0.2, 0) is 4.74 Å². The summed E-state index contributed by atoms with van der Waals surface area (Å²) in [6, 6.07) is 0.456. The molecule has 1 aliphatic carbocycles. The van der Waals surface area contributed by atoms with Crippen LogP contribution in [0.2, 0.25) is 0 Å². The summed E-state index contributed by atoms with van der Waals surface area (Å²) >= 11 is 0. The van der Waals surface area contributed by atoms with E-state index in [0.717, 1.165) is 25.7 Å². The van der Waals surface area contributed by atoms with E-state index in [0.29, 0.717) is 19.1 Å². The molecule has 0 aromatic heterocycles. The van der Waals surface area contributed by atoms with Gasteiger partial charge in [-0.2, -0.15) is 0 Å². The zero-order chi connectivity index (χ0) is 15.9. The summed E-state index contributed by atoms with van der Waals surface area (Å²) in [5, 5.41) is 17.2. The fourth-order valence-electron chi connectivity index (χ4n) is 2.37. The summed E-state index contributed by atoms with van der Waals surface area (Å²) in [5.41, 5.74) is -0.479. The maximum Gasteiger partial charge on any atom is 0.407 e. The lowest BCUT2D eigenvalue weighted by molar-refractivity contribution is 0.0527. The van der Waals surface area contributed by atoms with Crippen molar-refractivity contribution in [2.45, 2.75) is 64.1 Å². The number of alkyl carbamates (subject to hydrolysis) is 1. The molecule has 0 unspecified atom stereocenters. The van der Waals surface area contributed by atoms with Gasteiger partial charge in [0.2, 0.25) is 0 Å². The number of amides is 2. The van der Waals surface area contributed by atoms with Gasteiger partial charge in [-0.15, -0.1) is 0 Å². The molecule has 0 spiro atoms. The predicted octanol–water partition coefficient (Wildman–Crippen LogP) is 1.68. The second-order valence-electron chi connectivity index (χ2n) is 6.38. The Kier molecular flexibility index (Phi) is 6.74. The van der Waals surface area contributed by atoms with Crippen molar-refractivity contribution in [1.82, 2.24) is 16.0 Å². The van der Waals surface area contributed by atoms with Crippen molar-refractivity contribution >= 4 is 12.2 Å². The second kappa shape index (κ2) is 8.07. The van der Waals surface area contributed by atoms with Gasteiger partial charge in [0.05, 0.1) is 0 Å². The number of carbonyl (C=O) groups excluding carboxylic acids is 1. The zero-order valence-electron chi connectivity index (χ0n) is 13.1. The number of nitrogens with one attached hydrogen (secondary N) is 3. The van der Waals surface area contributed by atoms with Gasteiger partial charge in [0, 0.05) is 25.2 Å². The van der Waals surface area contributed by atoms with Crippen LogP contribution in [0.1, 0.15) is 46.5 Å². The molecule has 1 saturated carbocycles. The molecule has 7 nitrogen and oxygen atoms in total. The summed E-state index contributed by atoms with van der Waals surface area (Å²) in [7, 11) is 0. The van der Waals surface area contributed by atoms with Gasteiger partial charge in [-0.25, -0.2) is 9.59 Å². The highest BCUT2D eigenvalue weighted by molar-refractivity contribution is 5.67. The van der Waals surface area contributed by atoms with Gasteiger partial charge >= 0.3 is 12.2 Å². The zero-order valence-corrected chi connectivity index (χ0v) is 13.1. The topological polar surface area (TPSA) is 99.7 Å². The van der Waals surface area contributed by atoms with Gasteiger partial charge in [0.25, 0.3) is 0 Å². The van der Waals surface area contributed by atoms with Crippen LogP contribution in [-0.4, -0.2) is 48.1 Å². The predicted molar refractivity (Wildman–Crippen MR) is 79.4 cm³/mol. The molecular weight excluding hydrogens is 274 g/mol. The van der Waals surface area contributed by atoms with Crippen LogP contribution in [0, 0.1) is 0 Å². The normalized spacial score (nSPS) is 22.4. The first-order valence-electron chi connectivity index (χ1n) is 7.46. The Morgan fingerprint density at radius 2 is 1.67 bits per heavy atom. The molecule has 1 aliphatic rings. The van der Waals surface area contributed by atoms with E-state index in [9.17, 15) is 9.59 Å². The van der Waals surface area contributed by atoms with Crippen molar-refractivity contribution in [3.8, 4) is 0 Å². The van der Waals surface area contributed by atoms with Gasteiger partial charge in [0.15, 0.2) is 0 Å². The molecule has 0 bridgehead atoms. The SMILES string of the molecule is CC(C)(C)OC(=O)NCCNC1CCC(NC(=O)O)CC1. The largest absolute Gasteiger partial charge is 0.465 e. The molecule has 21 heavy (non-hydrogen) atoms. The Bertz CT molecular complexity index is 347. The second-order valence-corrected chi connectivity index (χ2v) is 6.38. The number of carbonyl (C=O) groups is 2. The fraction of sp³-hybridized carbons (Fsp3) is 0.857. The summed E-state index contributed by atoms with van der Waals surface area (Å²) in [4.78, 5) is 22.0. The Morgan fingerprint density at radius 3 is 2.19 bits per heavy atom. The molecule has 0 aromatic carbocycles. The Balaban J connectivity index is 2.07. The van der Waals surface area contributed by atoms with E-state index in [1.54, 1.807) is 0 Å². The fourth-order valence-corrected chi connectivity index (χ4v) is 2.37. The molecule has 0 aliphatic heterocycles. The highest BCUT2D eigenvalue weighted by atomic mass is 16.6. The van der Waals surface area contributed by atoms with E-state index in [4.69, 9.17) is 9.84 Å². The smallest absolute Gasteiger partial charge is 0.407 e. The monoisotopic (exact) mass is 301 g/mol. The third-order valence-corrected chi connectivity index (χ3v) is 3.28. The summed E-state index contributed by atoms with van der Waals surface area (Å²) < 4.78 is 5.14. The van der Waals surface area contributed by atoms with Crippen molar-refractivity contribution in [1.29, 1.82) is 0 Å². The van der Waals surface area contributed by atoms with Crippen LogP contribution < -0.4 is 16.0 Å². The Morgan fingerprint density at radius 1 is 1.10 bits per heavy atom. The van der Waals surface area contributed by atoms with E-state index in [2.05, 4.69) is 16.0 Å². The first-order chi connectivity index (χ1) is 9.76. The average molecular weight is 301 g/mol. The molecule has 1 rings (SSSR count). The Labute approximate surface area is 125 Å². The molecule has 122 valence electrons. The highest BCUT2D eigenvalue weighted by Gasteiger charge is 2.21. The molecule has 0 atom stereocenters. The Hall–Kier alpha value is -1.50. The molecule has 0 heterocycles. The lowest BCUT2D eigenvalue weighted by Crippen LogP contribution is -2.44. The highest BCUT2D eigenvalue weighted by Crippen LogP contribution is 2.18. The standard InChI is InChI=1S/C14H27N3O4/c1-14(2,3)21-13(20)16-9-8-15-10-4-6-11(7-5-10)17-12(18)19/h10-11,15,17H,4-9H2,1-3H3,(H,16,20)(H,18,19). The van der Waals surface area contributed by atoms with Crippen LogP contribution in [0.4, 0.5) is 9.59 Å². The average Bonchev–Trinajstić information content (AvgIpc) is 2.34. The summed E-state index contributed by atoms with van der Waals surface area (Å²) in [6.45, 7) is 6.68. The molecule has 7 heteroatoms. The van der Waals surface area contributed by atoms with Crippen LogP contribution in [0.3, 0.4) is 0 Å². The minimum absolute atomic E-state index is 0.0699. The lowest BCUT2D eigenvalue weighted by Gasteiger charge is -2.29. The van der Waals surface area contributed by atoms with Crippen molar-refractivity contribution in [2.24, 2.45) is 0 Å². The lowest BCUT2D eigenvalue weighted by atomic mass is 9.91. The summed E-state index contributed by atoms with van der Waals surface area (Å²) in [5.74, 6) is 0. The minimum atomic E-state index is -0.951. The maximum atomic E-state index is 11.4. The van der Waals surface area contributed by atoms with Crippen molar-refractivity contribution in [3.05, 3.63) is 0 Å². The molecule has 1 fully saturated rings. The summed E-state index contributed by atoms with van der Waals surface area (Å²) in [6.07, 6.45) is 2.23. The van der Waals surface area contributed by atoms with Gasteiger partial charge < -0.3 is 25.8 Å². The van der Waals surface area contributed by atoms with Crippen LogP contribution >= 0.6 is 0 Å². The number of ether oxygens (including phenoxy) is 1. The quantitative estimate of drug-likeness (QED) is 0.579. The van der Waals surface area contributed by atoms with Crippen LogP contribution in [0.5, 0.6) is 0 Å². The first kappa shape index (κ1) is 17.6. The van der Waals surface area contributed by atoms with Crippen molar-refractivity contribution < 1.29 is 19.4 Å². The molecule has 0 aromatic rings. The number of rotatable bonds is 5. The van der Waals surface area contributed by atoms with Crippen LogP contribution in [0.25, 0.3) is 0 Å².